The summed E-state index contributed by atoms with van der Waals surface area (Å²) in [5, 5.41) is 16.2. The molecule has 1 aromatic carbocycles. The molecule has 0 spiro atoms. The van der Waals surface area contributed by atoms with Gasteiger partial charge in [0.1, 0.15) is 28.4 Å². The van der Waals surface area contributed by atoms with Crippen molar-refractivity contribution in [2.45, 2.75) is 26.2 Å². The summed E-state index contributed by atoms with van der Waals surface area (Å²) in [6.07, 6.45) is 0. The van der Waals surface area contributed by atoms with Gasteiger partial charge in [0.05, 0.1) is 5.56 Å². The van der Waals surface area contributed by atoms with Crippen LogP contribution < -0.4 is 10.6 Å². The van der Waals surface area contributed by atoms with Gasteiger partial charge in [0.2, 0.25) is 11.8 Å². The first-order valence-corrected chi connectivity index (χ1v) is 11.2. The first-order valence-electron chi connectivity index (χ1n) is 8.49. The first-order chi connectivity index (χ1) is 13.4. The van der Waals surface area contributed by atoms with E-state index in [4.69, 9.17) is 0 Å². The molecule has 10 heteroatoms. The van der Waals surface area contributed by atoms with Crippen LogP contribution in [0.2, 0.25) is 0 Å². The van der Waals surface area contributed by atoms with Crippen LogP contribution >= 0.6 is 11.3 Å². The van der Waals surface area contributed by atoms with Gasteiger partial charge in [-0.2, -0.15) is 5.26 Å². The highest BCUT2D eigenvalue weighted by molar-refractivity contribution is 7.92. The maximum atomic E-state index is 12.9. The molecule has 0 saturated heterocycles. The fourth-order valence-corrected chi connectivity index (χ4v) is 4.65. The van der Waals surface area contributed by atoms with Crippen molar-refractivity contribution < 1.29 is 22.4 Å². The van der Waals surface area contributed by atoms with Gasteiger partial charge in [-0.1, -0.05) is 20.8 Å². The van der Waals surface area contributed by atoms with Gasteiger partial charge in [-0.3, -0.25) is 9.59 Å². The minimum atomic E-state index is -4.05. The number of carbonyl (C=O) groups is 2. The van der Waals surface area contributed by atoms with Crippen LogP contribution in [0, 0.1) is 17.1 Å². The average Bonchev–Trinajstić information content (AvgIpc) is 2.98. The number of nitrogens with one attached hydrogen (secondary N) is 2. The van der Waals surface area contributed by atoms with Gasteiger partial charge in [-0.05, 0) is 40.6 Å². The fraction of sp³-hybridized carbons (Fsp3) is 0.316. The monoisotopic (exact) mass is 437 g/mol. The Kier molecular flexibility index (Phi) is 6.77. The van der Waals surface area contributed by atoms with Crippen molar-refractivity contribution >= 4 is 43.7 Å². The molecule has 0 aliphatic carbocycles. The van der Waals surface area contributed by atoms with Crippen LogP contribution in [0.4, 0.5) is 15.1 Å². The van der Waals surface area contributed by atoms with E-state index < -0.39 is 39.0 Å². The molecular weight excluding hydrogens is 417 g/mol. The highest BCUT2D eigenvalue weighted by Crippen LogP contribution is 2.35. The second-order valence-electron chi connectivity index (χ2n) is 7.35. The molecule has 1 aromatic heterocycles. The summed E-state index contributed by atoms with van der Waals surface area (Å²) >= 11 is 1.14. The molecule has 0 unspecified atom stereocenters. The predicted molar refractivity (Wildman–Crippen MR) is 110 cm³/mol. The topological polar surface area (TPSA) is 116 Å². The van der Waals surface area contributed by atoms with Gasteiger partial charge in [0.25, 0.3) is 0 Å². The summed E-state index contributed by atoms with van der Waals surface area (Å²) in [4.78, 5) is 24.1. The lowest BCUT2D eigenvalue weighted by molar-refractivity contribution is -0.114. The molecule has 0 bridgehead atoms. The molecule has 0 aliphatic heterocycles. The van der Waals surface area contributed by atoms with E-state index in [0.717, 1.165) is 29.0 Å². The molecule has 0 atom stereocenters. The Balaban J connectivity index is 2.01. The number of hydrogen-bond donors (Lipinski definition) is 2. The van der Waals surface area contributed by atoms with Crippen molar-refractivity contribution in [1.29, 1.82) is 5.26 Å². The van der Waals surface area contributed by atoms with Crippen LogP contribution in [-0.4, -0.2) is 31.7 Å². The summed E-state index contributed by atoms with van der Waals surface area (Å²) < 4.78 is 37.2. The van der Waals surface area contributed by atoms with Crippen LogP contribution in [0.15, 0.2) is 29.6 Å². The zero-order valence-corrected chi connectivity index (χ0v) is 17.7. The SMILES string of the molecule is CC(C)(C)c1csc(NC(=O)CS(=O)(=O)CC(=O)Nc2ccc(F)cc2)c1C#N. The largest absolute Gasteiger partial charge is 0.325 e. The molecule has 29 heavy (non-hydrogen) atoms. The first kappa shape index (κ1) is 22.5. The van der Waals surface area contributed by atoms with E-state index in [0.29, 0.717) is 5.56 Å². The molecule has 2 N–H and O–H groups in total. The quantitative estimate of drug-likeness (QED) is 0.721. The molecule has 7 nitrogen and oxygen atoms in total. The maximum Gasteiger partial charge on any atom is 0.240 e. The molecule has 0 fully saturated rings. The summed E-state index contributed by atoms with van der Waals surface area (Å²) in [6, 6.07) is 6.86. The highest BCUT2D eigenvalue weighted by Gasteiger charge is 2.25. The van der Waals surface area contributed by atoms with E-state index in [2.05, 4.69) is 10.6 Å². The van der Waals surface area contributed by atoms with E-state index in [1.165, 1.54) is 12.1 Å². The molecule has 154 valence electrons. The number of amides is 2. The summed E-state index contributed by atoms with van der Waals surface area (Å²) in [6.45, 7) is 5.77. The molecular formula is C19H20FN3O4S2. The van der Waals surface area contributed by atoms with Crippen LogP contribution in [0.5, 0.6) is 0 Å². The third-order valence-corrected chi connectivity index (χ3v) is 6.09. The number of halogens is 1. The van der Waals surface area contributed by atoms with E-state index in [-0.39, 0.29) is 16.1 Å². The maximum absolute atomic E-state index is 12.9. The zero-order valence-electron chi connectivity index (χ0n) is 16.1. The summed E-state index contributed by atoms with van der Waals surface area (Å²) in [5.41, 5.74) is 0.974. The Morgan fingerprint density at radius 2 is 1.66 bits per heavy atom. The average molecular weight is 438 g/mol. The molecule has 2 amide bonds. The Hall–Kier alpha value is -2.77. The van der Waals surface area contributed by atoms with Crippen LogP contribution in [0.25, 0.3) is 0 Å². The molecule has 0 radical (unpaired) electrons. The minimum absolute atomic E-state index is 0.239. The van der Waals surface area contributed by atoms with Crippen molar-refractivity contribution in [1.82, 2.24) is 0 Å². The number of thiophene rings is 1. The van der Waals surface area contributed by atoms with Gasteiger partial charge in [-0.25, -0.2) is 12.8 Å². The lowest BCUT2D eigenvalue weighted by Gasteiger charge is -2.17. The minimum Gasteiger partial charge on any atom is -0.325 e. The summed E-state index contributed by atoms with van der Waals surface area (Å²) in [7, 11) is -4.05. The third kappa shape index (κ3) is 6.37. The number of carbonyl (C=O) groups excluding carboxylic acids is 2. The predicted octanol–water partition coefficient (Wildman–Crippen LogP) is 3.05. The van der Waals surface area contributed by atoms with Crippen LogP contribution in [0.3, 0.4) is 0 Å². The van der Waals surface area contributed by atoms with Crippen molar-refractivity contribution in [3.05, 3.63) is 46.6 Å². The lowest BCUT2D eigenvalue weighted by atomic mass is 9.86. The Morgan fingerprint density at radius 3 is 2.17 bits per heavy atom. The van der Waals surface area contributed by atoms with E-state index in [1.807, 2.05) is 26.8 Å². The number of nitrogens with zero attached hydrogens (tertiary/aromatic N) is 1. The zero-order chi connectivity index (χ0) is 21.8. The normalized spacial score (nSPS) is 11.6. The Labute approximate surface area is 172 Å². The smallest absolute Gasteiger partial charge is 0.240 e. The van der Waals surface area contributed by atoms with Crippen molar-refractivity contribution in [3.8, 4) is 6.07 Å². The number of anilines is 2. The Morgan fingerprint density at radius 1 is 1.10 bits per heavy atom. The molecule has 0 aliphatic rings. The number of hydrogen-bond acceptors (Lipinski definition) is 6. The van der Waals surface area contributed by atoms with Crippen molar-refractivity contribution in [2.75, 3.05) is 22.1 Å². The van der Waals surface area contributed by atoms with E-state index in [9.17, 15) is 27.7 Å². The summed E-state index contributed by atoms with van der Waals surface area (Å²) in [5.74, 6) is -3.98. The second kappa shape index (κ2) is 8.71. The van der Waals surface area contributed by atoms with Crippen LogP contribution in [-0.2, 0) is 24.8 Å². The molecule has 0 saturated carbocycles. The van der Waals surface area contributed by atoms with Gasteiger partial charge in [-0.15, -0.1) is 11.3 Å². The van der Waals surface area contributed by atoms with Crippen molar-refractivity contribution in [3.63, 3.8) is 0 Å². The number of rotatable bonds is 6. The van der Waals surface area contributed by atoms with Gasteiger partial charge < -0.3 is 10.6 Å². The molecule has 2 aromatic rings. The van der Waals surface area contributed by atoms with E-state index in [1.54, 1.807) is 5.38 Å². The van der Waals surface area contributed by atoms with Crippen molar-refractivity contribution in [2.24, 2.45) is 0 Å². The van der Waals surface area contributed by atoms with Gasteiger partial charge >= 0.3 is 0 Å². The van der Waals surface area contributed by atoms with Crippen LogP contribution in [0.1, 0.15) is 31.9 Å². The molecule has 1 heterocycles. The Bertz CT molecular complexity index is 1060. The second-order valence-corrected chi connectivity index (χ2v) is 10.3. The van der Waals surface area contributed by atoms with Gasteiger partial charge in [0.15, 0.2) is 9.84 Å². The fourth-order valence-electron chi connectivity index (χ4n) is 2.46. The number of sulfone groups is 1. The number of nitriles is 1. The number of benzene rings is 1. The molecule has 2 rings (SSSR count). The lowest BCUT2D eigenvalue weighted by Crippen LogP contribution is -2.30. The van der Waals surface area contributed by atoms with E-state index >= 15 is 0 Å². The highest BCUT2D eigenvalue weighted by atomic mass is 32.2. The van der Waals surface area contributed by atoms with Gasteiger partial charge in [0, 0.05) is 5.69 Å². The standard InChI is InChI=1S/C19H20FN3O4S2/c1-19(2,3)15-9-28-18(14(15)8-21)23-17(25)11-29(26,27)10-16(24)22-13-6-4-12(20)5-7-13/h4-7,9H,10-11H2,1-3H3,(H,22,24)(H,23,25). The third-order valence-electron chi connectivity index (χ3n) is 3.79.